The lowest BCUT2D eigenvalue weighted by molar-refractivity contribution is -0.136. The summed E-state index contributed by atoms with van der Waals surface area (Å²) in [6.45, 7) is 1.29. The molecule has 0 fully saturated rings. The van der Waals surface area contributed by atoms with Crippen LogP contribution in [-0.4, -0.2) is 48.9 Å². The molecule has 0 atom stereocenters. The molecule has 19 heavy (non-hydrogen) atoms. The van der Waals surface area contributed by atoms with Crippen LogP contribution in [0.1, 0.15) is 6.42 Å². The number of nitrogens with one attached hydrogen (secondary N) is 2. The van der Waals surface area contributed by atoms with Crippen LogP contribution in [-0.2, 0) is 9.59 Å². The predicted octanol–water partition coefficient (Wildman–Crippen LogP) is 0.741. The Hall–Kier alpha value is -1.66. The lowest BCUT2D eigenvalue weighted by atomic mass is 10.3. The van der Waals surface area contributed by atoms with Crippen LogP contribution in [0, 0.1) is 0 Å². The molecular weight excluding hydrogens is 268 g/mol. The number of pyridine rings is 1. The molecule has 1 heterocycles. The molecule has 0 spiro atoms. The second-order valence-corrected chi connectivity index (χ2v) is 4.57. The van der Waals surface area contributed by atoms with Gasteiger partial charge in [-0.25, -0.2) is 4.98 Å². The van der Waals surface area contributed by atoms with Crippen LogP contribution >= 0.6 is 11.6 Å². The molecule has 7 heteroatoms. The molecule has 104 valence electrons. The van der Waals surface area contributed by atoms with Crippen LogP contribution in [0.3, 0.4) is 0 Å². The molecule has 0 aliphatic carbocycles. The van der Waals surface area contributed by atoms with Crippen molar-refractivity contribution in [3.05, 3.63) is 23.5 Å². The van der Waals surface area contributed by atoms with Crippen LogP contribution in [0.2, 0.25) is 5.15 Å². The summed E-state index contributed by atoms with van der Waals surface area (Å²) < 4.78 is 0. The Morgan fingerprint density at radius 2 is 2.11 bits per heavy atom. The summed E-state index contributed by atoms with van der Waals surface area (Å²) in [5.74, 6) is -1.43. The smallest absolute Gasteiger partial charge is 0.313 e. The zero-order valence-corrected chi connectivity index (χ0v) is 11.7. The molecule has 0 unspecified atom stereocenters. The summed E-state index contributed by atoms with van der Waals surface area (Å²) in [5.41, 5.74) is 0.317. The van der Waals surface area contributed by atoms with Crippen LogP contribution in [0.5, 0.6) is 0 Å². The first-order valence-electron chi connectivity index (χ1n) is 5.85. The fourth-order valence-electron chi connectivity index (χ4n) is 1.34. The van der Waals surface area contributed by atoms with Crippen molar-refractivity contribution >= 4 is 29.1 Å². The molecule has 2 amide bonds. The number of halogens is 1. The number of carbonyl (C=O) groups is 2. The van der Waals surface area contributed by atoms with E-state index in [0.717, 1.165) is 13.0 Å². The third-order valence-corrected chi connectivity index (χ3v) is 2.58. The molecular formula is C12H17ClN4O2. The van der Waals surface area contributed by atoms with Crippen LogP contribution in [0.15, 0.2) is 18.3 Å². The van der Waals surface area contributed by atoms with E-state index in [2.05, 4.69) is 15.6 Å². The number of nitrogens with zero attached hydrogens (tertiary/aromatic N) is 2. The van der Waals surface area contributed by atoms with E-state index < -0.39 is 11.8 Å². The van der Waals surface area contributed by atoms with Crippen LogP contribution in [0.4, 0.5) is 5.69 Å². The number of amides is 2. The minimum absolute atomic E-state index is 0.149. The molecule has 0 aromatic carbocycles. The SMILES string of the molecule is CN(C)CCCNC(=O)C(=O)Nc1cccnc1Cl. The Labute approximate surface area is 117 Å². The number of anilines is 1. The normalized spacial score (nSPS) is 10.3. The zero-order valence-electron chi connectivity index (χ0n) is 10.9. The van der Waals surface area contributed by atoms with Crippen molar-refractivity contribution in [2.24, 2.45) is 0 Å². The van der Waals surface area contributed by atoms with Crippen molar-refractivity contribution in [1.82, 2.24) is 15.2 Å². The quantitative estimate of drug-likeness (QED) is 0.475. The number of rotatable bonds is 5. The van der Waals surface area contributed by atoms with Crippen molar-refractivity contribution in [3.8, 4) is 0 Å². The monoisotopic (exact) mass is 284 g/mol. The molecule has 0 radical (unpaired) electrons. The topological polar surface area (TPSA) is 74.3 Å². The van der Waals surface area contributed by atoms with E-state index in [9.17, 15) is 9.59 Å². The standard InChI is InChI=1S/C12H17ClN4O2/c1-17(2)8-4-7-15-11(18)12(19)16-9-5-3-6-14-10(9)13/h3,5-6H,4,7-8H2,1-2H3,(H,15,18)(H,16,19). The maximum atomic E-state index is 11.6. The zero-order chi connectivity index (χ0) is 14.3. The summed E-state index contributed by atoms with van der Waals surface area (Å²) >= 11 is 5.77. The molecule has 0 bridgehead atoms. The Morgan fingerprint density at radius 3 is 2.74 bits per heavy atom. The lowest BCUT2D eigenvalue weighted by Crippen LogP contribution is -2.36. The lowest BCUT2D eigenvalue weighted by Gasteiger charge is -2.10. The van der Waals surface area contributed by atoms with E-state index in [-0.39, 0.29) is 5.15 Å². The molecule has 2 N–H and O–H groups in total. The van der Waals surface area contributed by atoms with Gasteiger partial charge in [0.25, 0.3) is 0 Å². The molecule has 0 aliphatic heterocycles. The summed E-state index contributed by atoms with van der Waals surface area (Å²) in [6, 6.07) is 3.20. The number of hydrogen-bond donors (Lipinski definition) is 2. The van der Waals surface area contributed by atoms with Crippen molar-refractivity contribution in [2.75, 3.05) is 32.5 Å². The minimum atomic E-state index is -0.750. The van der Waals surface area contributed by atoms with Gasteiger partial charge in [-0.3, -0.25) is 9.59 Å². The molecule has 0 aliphatic rings. The fourth-order valence-corrected chi connectivity index (χ4v) is 1.50. The predicted molar refractivity (Wildman–Crippen MR) is 74.1 cm³/mol. The first-order valence-corrected chi connectivity index (χ1v) is 6.23. The third-order valence-electron chi connectivity index (χ3n) is 2.28. The highest BCUT2D eigenvalue weighted by Gasteiger charge is 2.14. The average molecular weight is 285 g/mol. The van der Waals surface area contributed by atoms with E-state index in [1.165, 1.54) is 6.20 Å². The van der Waals surface area contributed by atoms with Crippen molar-refractivity contribution in [2.45, 2.75) is 6.42 Å². The summed E-state index contributed by atoms with van der Waals surface area (Å²) in [7, 11) is 3.89. The van der Waals surface area contributed by atoms with Gasteiger partial charge in [0.2, 0.25) is 0 Å². The van der Waals surface area contributed by atoms with Gasteiger partial charge in [0.15, 0.2) is 5.15 Å². The Morgan fingerprint density at radius 1 is 1.37 bits per heavy atom. The highest BCUT2D eigenvalue weighted by molar-refractivity contribution is 6.41. The van der Waals surface area contributed by atoms with Gasteiger partial charge in [0, 0.05) is 12.7 Å². The largest absolute Gasteiger partial charge is 0.348 e. The number of aromatic nitrogens is 1. The summed E-state index contributed by atoms with van der Waals surface area (Å²) in [5, 5.41) is 5.09. The molecule has 1 rings (SSSR count). The maximum Gasteiger partial charge on any atom is 0.313 e. The van der Waals surface area contributed by atoms with E-state index in [1.807, 2.05) is 19.0 Å². The Kier molecular flexibility index (Phi) is 6.24. The van der Waals surface area contributed by atoms with Gasteiger partial charge in [-0.2, -0.15) is 0 Å². The van der Waals surface area contributed by atoms with Crippen molar-refractivity contribution < 1.29 is 9.59 Å². The average Bonchev–Trinajstić information content (AvgIpc) is 2.36. The fraction of sp³-hybridized carbons (Fsp3) is 0.417. The molecule has 1 aromatic heterocycles. The molecule has 6 nitrogen and oxygen atoms in total. The van der Waals surface area contributed by atoms with Crippen LogP contribution < -0.4 is 10.6 Å². The maximum absolute atomic E-state index is 11.6. The van der Waals surface area contributed by atoms with Crippen molar-refractivity contribution in [3.63, 3.8) is 0 Å². The highest BCUT2D eigenvalue weighted by atomic mass is 35.5. The van der Waals surface area contributed by atoms with Gasteiger partial charge in [-0.15, -0.1) is 0 Å². The van der Waals surface area contributed by atoms with Gasteiger partial charge in [0.1, 0.15) is 0 Å². The van der Waals surface area contributed by atoms with Gasteiger partial charge >= 0.3 is 11.8 Å². The van der Waals surface area contributed by atoms with Gasteiger partial charge in [0.05, 0.1) is 5.69 Å². The molecule has 1 aromatic rings. The Bertz CT molecular complexity index is 451. The second-order valence-electron chi connectivity index (χ2n) is 4.21. The number of carbonyl (C=O) groups excluding carboxylic acids is 2. The van der Waals surface area contributed by atoms with Gasteiger partial charge < -0.3 is 15.5 Å². The summed E-state index contributed by atoms with van der Waals surface area (Å²) in [6.07, 6.45) is 2.28. The van der Waals surface area contributed by atoms with Gasteiger partial charge in [-0.1, -0.05) is 11.6 Å². The van der Waals surface area contributed by atoms with E-state index in [0.29, 0.717) is 12.2 Å². The minimum Gasteiger partial charge on any atom is -0.348 e. The van der Waals surface area contributed by atoms with Gasteiger partial charge in [-0.05, 0) is 39.2 Å². The van der Waals surface area contributed by atoms with E-state index in [4.69, 9.17) is 11.6 Å². The second kappa shape index (κ2) is 7.70. The first-order chi connectivity index (χ1) is 9.00. The number of hydrogen-bond acceptors (Lipinski definition) is 4. The van der Waals surface area contributed by atoms with E-state index in [1.54, 1.807) is 12.1 Å². The highest BCUT2D eigenvalue weighted by Crippen LogP contribution is 2.16. The molecule has 0 saturated heterocycles. The third kappa shape index (κ3) is 5.67. The van der Waals surface area contributed by atoms with Crippen LogP contribution in [0.25, 0.3) is 0 Å². The Balaban J connectivity index is 2.37. The molecule has 0 saturated carbocycles. The van der Waals surface area contributed by atoms with E-state index >= 15 is 0 Å². The summed E-state index contributed by atoms with van der Waals surface area (Å²) in [4.78, 5) is 28.9. The van der Waals surface area contributed by atoms with Crippen molar-refractivity contribution in [1.29, 1.82) is 0 Å². The first kappa shape index (κ1) is 15.4.